The van der Waals surface area contributed by atoms with Gasteiger partial charge in [0.25, 0.3) is 5.91 Å². The number of sulfone groups is 1. The molecule has 2 aromatic heterocycles. The molecule has 0 fully saturated rings. The van der Waals surface area contributed by atoms with E-state index in [9.17, 15) is 22.8 Å². The molecule has 174 valence electrons. The van der Waals surface area contributed by atoms with E-state index in [4.69, 9.17) is 13.9 Å². The Bertz CT molecular complexity index is 1260. The largest absolute Gasteiger partial charge is 0.462 e. The zero-order valence-corrected chi connectivity index (χ0v) is 19.5. The van der Waals surface area contributed by atoms with Gasteiger partial charge in [-0.2, -0.15) is 0 Å². The van der Waals surface area contributed by atoms with Gasteiger partial charge in [-0.1, -0.05) is 18.2 Å². The molecular weight excluding hydrogens is 470 g/mol. The quantitative estimate of drug-likeness (QED) is 0.450. The van der Waals surface area contributed by atoms with Gasteiger partial charge in [-0.25, -0.2) is 18.0 Å². The predicted molar refractivity (Wildman–Crippen MR) is 120 cm³/mol. The average Bonchev–Trinajstić information content (AvgIpc) is 3.38. The van der Waals surface area contributed by atoms with Crippen molar-refractivity contribution in [1.82, 2.24) is 0 Å². The van der Waals surface area contributed by atoms with Crippen molar-refractivity contribution in [2.45, 2.75) is 24.5 Å². The molecule has 0 saturated carbocycles. The van der Waals surface area contributed by atoms with Crippen molar-refractivity contribution in [1.29, 1.82) is 0 Å². The van der Waals surface area contributed by atoms with Crippen LogP contribution >= 0.6 is 11.3 Å². The van der Waals surface area contributed by atoms with Gasteiger partial charge >= 0.3 is 11.9 Å². The molecule has 0 radical (unpaired) electrons. The molecule has 3 rings (SSSR count). The number of carbonyl (C=O) groups excluding carboxylic acids is 3. The van der Waals surface area contributed by atoms with Crippen molar-refractivity contribution in [2.24, 2.45) is 0 Å². The van der Waals surface area contributed by atoms with Gasteiger partial charge < -0.3 is 19.2 Å². The fourth-order valence-corrected chi connectivity index (χ4v) is 5.22. The molecule has 1 aromatic carbocycles. The van der Waals surface area contributed by atoms with Crippen LogP contribution in [0.2, 0.25) is 0 Å². The second-order valence-corrected chi connectivity index (χ2v) is 9.86. The molecular formula is C22H21NO8S2. The van der Waals surface area contributed by atoms with E-state index >= 15 is 0 Å². The van der Waals surface area contributed by atoms with Crippen molar-refractivity contribution >= 4 is 44.0 Å². The predicted octanol–water partition coefficient (Wildman–Crippen LogP) is 3.60. The van der Waals surface area contributed by atoms with Crippen LogP contribution in [-0.2, 0) is 29.9 Å². The number of hydrogen-bond donors (Lipinski definition) is 1. The fourth-order valence-electron chi connectivity index (χ4n) is 2.86. The number of aryl methyl sites for hydroxylation is 1. The minimum absolute atomic E-state index is 0.110. The van der Waals surface area contributed by atoms with Crippen LogP contribution in [0, 0.1) is 6.92 Å². The average molecular weight is 492 g/mol. The van der Waals surface area contributed by atoms with Crippen LogP contribution in [0.4, 0.5) is 5.00 Å². The Morgan fingerprint density at radius 3 is 2.48 bits per heavy atom. The number of anilines is 1. The van der Waals surface area contributed by atoms with Crippen LogP contribution in [0.1, 0.15) is 38.3 Å². The maximum absolute atomic E-state index is 12.6. The molecule has 9 nitrogen and oxygen atoms in total. The molecule has 0 bridgehead atoms. The Balaban J connectivity index is 1.60. The highest BCUT2D eigenvalue weighted by Crippen LogP contribution is 2.27. The zero-order valence-electron chi connectivity index (χ0n) is 17.8. The van der Waals surface area contributed by atoms with E-state index in [0.29, 0.717) is 15.4 Å². The van der Waals surface area contributed by atoms with Crippen molar-refractivity contribution in [3.63, 3.8) is 0 Å². The van der Waals surface area contributed by atoms with E-state index in [1.807, 2.05) is 0 Å². The SMILES string of the molecule is CCOC(=O)c1sc(NC(=O)COC(=O)c2occc2CS(=O)(=O)c2ccccc2)cc1C. The lowest BCUT2D eigenvalue weighted by Crippen LogP contribution is -2.21. The third-order valence-corrected chi connectivity index (χ3v) is 7.17. The molecule has 0 spiro atoms. The highest BCUT2D eigenvalue weighted by atomic mass is 32.2. The van der Waals surface area contributed by atoms with E-state index in [-0.39, 0.29) is 22.8 Å². The lowest BCUT2D eigenvalue weighted by molar-refractivity contribution is -0.119. The van der Waals surface area contributed by atoms with Crippen LogP contribution in [0.3, 0.4) is 0 Å². The number of nitrogens with one attached hydrogen (secondary N) is 1. The lowest BCUT2D eigenvalue weighted by Gasteiger charge is -2.06. The van der Waals surface area contributed by atoms with Crippen molar-refractivity contribution in [3.05, 3.63) is 70.5 Å². The Hall–Kier alpha value is -3.44. The molecule has 0 aliphatic rings. The van der Waals surface area contributed by atoms with E-state index in [1.54, 1.807) is 38.1 Å². The smallest absolute Gasteiger partial charge is 0.375 e. The van der Waals surface area contributed by atoms with Gasteiger partial charge in [0.05, 0.1) is 28.5 Å². The van der Waals surface area contributed by atoms with Crippen LogP contribution in [0.15, 0.2) is 58.0 Å². The third-order valence-electron chi connectivity index (χ3n) is 4.36. The summed E-state index contributed by atoms with van der Waals surface area (Å²) in [5.74, 6) is -2.84. The monoisotopic (exact) mass is 491 g/mol. The van der Waals surface area contributed by atoms with E-state index in [1.165, 1.54) is 24.5 Å². The molecule has 1 amide bonds. The molecule has 0 unspecified atom stereocenters. The molecule has 3 aromatic rings. The standard InChI is InChI=1S/C22H21NO8S2/c1-3-29-22(26)20-14(2)11-18(32-20)23-17(24)12-31-21(25)19-15(9-10-30-19)13-33(27,28)16-7-5-4-6-8-16/h4-11H,3,12-13H2,1-2H3,(H,23,24). The molecule has 1 N–H and O–H groups in total. The summed E-state index contributed by atoms with van der Waals surface area (Å²) in [5.41, 5.74) is 0.766. The summed E-state index contributed by atoms with van der Waals surface area (Å²) in [6.45, 7) is 3.01. The number of esters is 2. The maximum Gasteiger partial charge on any atom is 0.375 e. The van der Waals surface area contributed by atoms with Crippen LogP contribution in [0.25, 0.3) is 0 Å². The van der Waals surface area contributed by atoms with Gasteiger partial charge in [-0.05, 0) is 43.7 Å². The minimum atomic E-state index is -3.71. The second-order valence-electron chi connectivity index (χ2n) is 6.81. The molecule has 0 saturated heterocycles. The van der Waals surface area contributed by atoms with Crippen LogP contribution in [-0.4, -0.2) is 39.5 Å². The number of thiophene rings is 1. The maximum atomic E-state index is 12.6. The first-order valence-corrected chi connectivity index (χ1v) is 12.3. The minimum Gasteiger partial charge on any atom is -0.462 e. The third kappa shape index (κ3) is 6.08. The Kier molecular flexibility index (Phi) is 7.67. The summed E-state index contributed by atoms with van der Waals surface area (Å²) in [5, 5.41) is 2.94. The normalized spacial score (nSPS) is 11.1. The Morgan fingerprint density at radius 2 is 1.79 bits per heavy atom. The summed E-state index contributed by atoms with van der Waals surface area (Å²) < 4.78 is 40.2. The van der Waals surface area contributed by atoms with E-state index < -0.39 is 40.0 Å². The van der Waals surface area contributed by atoms with Gasteiger partial charge in [-0.15, -0.1) is 11.3 Å². The Morgan fingerprint density at radius 1 is 1.06 bits per heavy atom. The van der Waals surface area contributed by atoms with Gasteiger partial charge in [-0.3, -0.25) is 4.79 Å². The number of furan rings is 1. The van der Waals surface area contributed by atoms with Crippen molar-refractivity contribution in [2.75, 3.05) is 18.5 Å². The number of amides is 1. The number of carbonyl (C=O) groups is 3. The topological polar surface area (TPSA) is 129 Å². The summed E-state index contributed by atoms with van der Waals surface area (Å²) >= 11 is 1.04. The van der Waals surface area contributed by atoms with Gasteiger partial charge in [0, 0.05) is 5.56 Å². The first kappa shape index (κ1) is 24.2. The van der Waals surface area contributed by atoms with Crippen molar-refractivity contribution < 1.29 is 36.7 Å². The zero-order chi connectivity index (χ0) is 24.0. The van der Waals surface area contributed by atoms with E-state index in [0.717, 1.165) is 11.3 Å². The molecule has 2 heterocycles. The van der Waals surface area contributed by atoms with Crippen LogP contribution in [0.5, 0.6) is 0 Å². The summed E-state index contributed by atoms with van der Waals surface area (Å²) in [7, 11) is -3.71. The molecule has 0 aliphatic carbocycles. The van der Waals surface area contributed by atoms with E-state index in [2.05, 4.69) is 5.32 Å². The first-order chi connectivity index (χ1) is 15.7. The highest BCUT2D eigenvalue weighted by molar-refractivity contribution is 7.90. The second kappa shape index (κ2) is 10.5. The van der Waals surface area contributed by atoms with Crippen molar-refractivity contribution in [3.8, 4) is 0 Å². The molecule has 0 aliphatic heterocycles. The highest BCUT2D eigenvalue weighted by Gasteiger charge is 2.24. The summed E-state index contributed by atoms with van der Waals surface area (Å²) in [4.78, 5) is 36.9. The summed E-state index contributed by atoms with van der Waals surface area (Å²) in [6.07, 6.45) is 1.18. The lowest BCUT2D eigenvalue weighted by atomic mass is 10.3. The first-order valence-electron chi connectivity index (χ1n) is 9.80. The molecule has 0 atom stereocenters. The fraction of sp³-hybridized carbons (Fsp3) is 0.227. The summed E-state index contributed by atoms with van der Waals surface area (Å²) in [6, 6.07) is 10.8. The molecule has 33 heavy (non-hydrogen) atoms. The van der Waals surface area contributed by atoms with Gasteiger partial charge in [0.2, 0.25) is 5.76 Å². The van der Waals surface area contributed by atoms with Gasteiger partial charge in [0.1, 0.15) is 4.88 Å². The Labute approximate surface area is 194 Å². The number of hydrogen-bond acceptors (Lipinski definition) is 9. The molecule has 11 heteroatoms. The van der Waals surface area contributed by atoms with Gasteiger partial charge in [0.15, 0.2) is 16.4 Å². The number of rotatable bonds is 9. The van der Waals surface area contributed by atoms with Crippen LogP contribution < -0.4 is 5.32 Å². The number of ether oxygens (including phenoxy) is 2. The number of benzene rings is 1.